The van der Waals surface area contributed by atoms with E-state index >= 15 is 0 Å². The molecule has 0 saturated carbocycles. The Kier molecular flexibility index (Phi) is 3.62. The molecule has 2 rings (SSSR count). The van der Waals surface area contributed by atoms with Crippen molar-refractivity contribution in [3.05, 3.63) is 35.4 Å². The van der Waals surface area contributed by atoms with Gasteiger partial charge in [0.1, 0.15) is 0 Å². The monoisotopic (exact) mass is 218 g/mol. The van der Waals surface area contributed by atoms with Gasteiger partial charge >= 0.3 is 0 Å². The Labute approximate surface area is 98.4 Å². The second-order valence-electron chi connectivity index (χ2n) is 4.94. The molecule has 1 aliphatic heterocycles. The zero-order valence-electron chi connectivity index (χ0n) is 10.3. The number of likely N-dealkylation sites (tertiary alicyclic amines) is 1. The molecule has 0 aromatic heterocycles. The summed E-state index contributed by atoms with van der Waals surface area (Å²) in [7, 11) is 2.20. The summed E-state index contributed by atoms with van der Waals surface area (Å²) in [6, 6.07) is 9.29. The normalized spacial score (nSPS) is 27.7. The third-order valence-corrected chi connectivity index (χ3v) is 3.69. The number of aryl methyl sites for hydroxylation is 1. The Hall–Kier alpha value is -0.860. The van der Waals surface area contributed by atoms with E-state index < -0.39 is 0 Å². The average molecular weight is 218 g/mol. The van der Waals surface area contributed by atoms with Crippen molar-refractivity contribution in [1.82, 2.24) is 4.90 Å². The van der Waals surface area contributed by atoms with E-state index in [0.717, 1.165) is 13.0 Å². The molecule has 0 amide bonds. The fourth-order valence-corrected chi connectivity index (χ4v) is 2.75. The van der Waals surface area contributed by atoms with Crippen LogP contribution in [-0.2, 0) is 0 Å². The van der Waals surface area contributed by atoms with Crippen LogP contribution in [0.2, 0.25) is 0 Å². The smallest absolute Gasteiger partial charge is 0.0498 e. The topological polar surface area (TPSA) is 29.3 Å². The first-order valence-corrected chi connectivity index (χ1v) is 6.21. The Morgan fingerprint density at radius 3 is 2.75 bits per heavy atom. The van der Waals surface area contributed by atoms with E-state index in [1.165, 1.54) is 24.0 Å². The molecule has 0 aliphatic carbocycles. The van der Waals surface area contributed by atoms with Crippen LogP contribution in [0.25, 0.3) is 0 Å². The molecule has 2 unspecified atom stereocenters. The Balaban J connectivity index is 2.32. The molecule has 1 fully saturated rings. The van der Waals surface area contributed by atoms with Crippen LogP contribution in [0.3, 0.4) is 0 Å². The predicted octanol–water partition coefficient (Wildman–Crippen LogP) is 2.48. The fraction of sp³-hybridized carbons (Fsp3) is 0.571. The van der Waals surface area contributed by atoms with E-state index in [1.807, 2.05) is 0 Å². The van der Waals surface area contributed by atoms with Crippen molar-refractivity contribution in [2.75, 3.05) is 13.6 Å². The van der Waals surface area contributed by atoms with Crippen molar-refractivity contribution >= 4 is 0 Å². The lowest BCUT2D eigenvalue weighted by Crippen LogP contribution is -2.37. The lowest BCUT2D eigenvalue weighted by Gasteiger charge is -2.31. The maximum Gasteiger partial charge on any atom is 0.0498 e. The standard InChI is InChI=1S/C14H22N2/c1-11-7-3-4-8-12(11)14-13(15)9-5-6-10-16(14)2/h3-4,7-8,13-14H,5-6,9-10,15H2,1-2H3. The van der Waals surface area contributed by atoms with E-state index in [4.69, 9.17) is 5.73 Å². The molecule has 1 heterocycles. The first kappa shape index (κ1) is 11.6. The number of rotatable bonds is 1. The zero-order chi connectivity index (χ0) is 11.5. The SMILES string of the molecule is Cc1ccccc1C1C(N)CCCCN1C. The van der Waals surface area contributed by atoms with Crippen LogP contribution >= 0.6 is 0 Å². The van der Waals surface area contributed by atoms with Crippen LogP contribution in [0.1, 0.15) is 36.4 Å². The van der Waals surface area contributed by atoms with Crippen molar-refractivity contribution in [2.45, 2.75) is 38.3 Å². The molecule has 1 aromatic rings. The molecule has 1 saturated heterocycles. The predicted molar refractivity (Wildman–Crippen MR) is 68.4 cm³/mol. The minimum absolute atomic E-state index is 0.272. The summed E-state index contributed by atoms with van der Waals surface area (Å²) in [5.74, 6) is 0. The van der Waals surface area contributed by atoms with Gasteiger partial charge in [-0.3, -0.25) is 4.90 Å². The Morgan fingerprint density at radius 2 is 2.00 bits per heavy atom. The number of hydrogen-bond acceptors (Lipinski definition) is 2. The number of hydrogen-bond donors (Lipinski definition) is 1. The van der Waals surface area contributed by atoms with Crippen molar-refractivity contribution in [1.29, 1.82) is 0 Å². The summed E-state index contributed by atoms with van der Waals surface area (Å²) in [5.41, 5.74) is 9.09. The molecule has 2 nitrogen and oxygen atoms in total. The largest absolute Gasteiger partial charge is 0.326 e. The number of likely N-dealkylation sites (N-methyl/N-ethyl adjacent to an activating group) is 1. The molecule has 0 radical (unpaired) electrons. The molecule has 88 valence electrons. The van der Waals surface area contributed by atoms with E-state index in [2.05, 4.69) is 43.1 Å². The van der Waals surface area contributed by atoms with Crippen molar-refractivity contribution in [3.63, 3.8) is 0 Å². The van der Waals surface area contributed by atoms with Gasteiger partial charge in [0.15, 0.2) is 0 Å². The number of nitrogens with two attached hydrogens (primary N) is 1. The highest BCUT2D eigenvalue weighted by Gasteiger charge is 2.26. The maximum absolute atomic E-state index is 6.33. The van der Waals surface area contributed by atoms with E-state index in [9.17, 15) is 0 Å². The summed E-state index contributed by atoms with van der Waals surface area (Å²) >= 11 is 0. The van der Waals surface area contributed by atoms with Gasteiger partial charge in [-0.25, -0.2) is 0 Å². The Bertz CT molecular complexity index is 336. The fourth-order valence-electron chi connectivity index (χ4n) is 2.75. The summed E-state index contributed by atoms with van der Waals surface area (Å²) in [6.07, 6.45) is 3.67. The van der Waals surface area contributed by atoms with Crippen LogP contribution in [0, 0.1) is 6.92 Å². The second-order valence-corrected chi connectivity index (χ2v) is 4.94. The molecule has 0 spiro atoms. The Morgan fingerprint density at radius 1 is 1.25 bits per heavy atom. The second kappa shape index (κ2) is 4.98. The molecular weight excluding hydrogens is 196 g/mol. The van der Waals surface area contributed by atoms with Crippen molar-refractivity contribution in [2.24, 2.45) is 5.73 Å². The third-order valence-electron chi connectivity index (χ3n) is 3.69. The minimum Gasteiger partial charge on any atom is -0.326 e. The molecule has 0 bridgehead atoms. The van der Waals surface area contributed by atoms with E-state index in [0.29, 0.717) is 6.04 Å². The molecule has 1 aliphatic rings. The summed E-state index contributed by atoms with van der Waals surface area (Å²) in [4.78, 5) is 2.42. The summed E-state index contributed by atoms with van der Waals surface area (Å²) < 4.78 is 0. The molecule has 2 N–H and O–H groups in total. The molecular formula is C14H22N2. The lowest BCUT2D eigenvalue weighted by atomic mass is 9.93. The molecule has 1 aromatic carbocycles. The van der Waals surface area contributed by atoms with Gasteiger partial charge in [0, 0.05) is 12.1 Å². The number of benzene rings is 1. The van der Waals surface area contributed by atoms with Gasteiger partial charge in [0.05, 0.1) is 0 Å². The average Bonchev–Trinajstić information content (AvgIpc) is 2.42. The van der Waals surface area contributed by atoms with Crippen LogP contribution in [0.5, 0.6) is 0 Å². The summed E-state index contributed by atoms with van der Waals surface area (Å²) in [5, 5.41) is 0. The van der Waals surface area contributed by atoms with E-state index in [1.54, 1.807) is 0 Å². The third kappa shape index (κ3) is 2.28. The highest BCUT2D eigenvalue weighted by Crippen LogP contribution is 2.29. The minimum atomic E-state index is 0.272. The highest BCUT2D eigenvalue weighted by molar-refractivity contribution is 5.30. The van der Waals surface area contributed by atoms with Crippen LogP contribution in [-0.4, -0.2) is 24.5 Å². The van der Waals surface area contributed by atoms with Crippen LogP contribution < -0.4 is 5.73 Å². The summed E-state index contributed by atoms with van der Waals surface area (Å²) in [6.45, 7) is 3.34. The van der Waals surface area contributed by atoms with Gasteiger partial charge in [-0.2, -0.15) is 0 Å². The molecule has 16 heavy (non-hydrogen) atoms. The molecule has 2 heteroatoms. The van der Waals surface area contributed by atoms with Gasteiger partial charge in [-0.1, -0.05) is 30.7 Å². The zero-order valence-corrected chi connectivity index (χ0v) is 10.3. The maximum atomic E-state index is 6.33. The van der Waals surface area contributed by atoms with Crippen molar-refractivity contribution < 1.29 is 0 Å². The van der Waals surface area contributed by atoms with Gasteiger partial charge in [0.2, 0.25) is 0 Å². The van der Waals surface area contributed by atoms with Gasteiger partial charge in [0.25, 0.3) is 0 Å². The first-order valence-electron chi connectivity index (χ1n) is 6.21. The van der Waals surface area contributed by atoms with Crippen LogP contribution in [0.4, 0.5) is 0 Å². The van der Waals surface area contributed by atoms with Crippen molar-refractivity contribution in [3.8, 4) is 0 Å². The highest BCUT2D eigenvalue weighted by atomic mass is 15.1. The first-order chi connectivity index (χ1) is 7.70. The van der Waals surface area contributed by atoms with Gasteiger partial charge in [-0.05, 0) is 44.5 Å². The lowest BCUT2D eigenvalue weighted by molar-refractivity contribution is 0.229. The van der Waals surface area contributed by atoms with Gasteiger partial charge < -0.3 is 5.73 Å². The molecule has 2 atom stereocenters. The number of nitrogens with zero attached hydrogens (tertiary/aromatic N) is 1. The van der Waals surface area contributed by atoms with E-state index in [-0.39, 0.29) is 6.04 Å². The van der Waals surface area contributed by atoms with Gasteiger partial charge in [-0.15, -0.1) is 0 Å². The van der Waals surface area contributed by atoms with Crippen LogP contribution in [0.15, 0.2) is 24.3 Å². The quantitative estimate of drug-likeness (QED) is 0.784.